The maximum absolute atomic E-state index is 12.0. The number of hydrogen-bond acceptors (Lipinski definition) is 3. The third kappa shape index (κ3) is 4.91. The first kappa shape index (κ1) is 15.6. The van der Waals surface area contributed by atoms with Crippen molar-refractivity contribution in [2.24, 2.45) is 0 Å². The minimum absolute atomic E-state index is 0.0327. The first-order valence-electron chi connectivity index (χ1n) is 6.40. The van der Waals surface area contributed by atoms with Gasteiger partial charge in [-0.3, -0.25) is 4.79 Å². The minimum Gasteiger partial charge on any atom is -0.395 e. The van der Waals surface area contributed by atoms with E-state index < -0.39 is 0 Å². The lowest BCUT2D eigenvalue weighted by Gasteiger charge is -2.07. The molecular weight excluding hydrogens is 306 g/mol. The highest BCUT2D eigenvalue weighted by atomic mass is 35.5. The number of aliphatic hydroxyl groups is 1. The number of thiophene rings is 1. The molecule has 5 heteroatoms. The number of rotatable bonds is 4. The van der Waals surface area contributed by atoms with Crippen LogP contribution in [0.2, 0.25) is 5.02 Å². The fourth-order valence-corrected chi connectivity index (χ4v) is 2.55. The molecule has 1 heterocycles. The molecule has 0 fully saturated rings. The van der Waals surface area contributed by atoms with Gasteiger partial charge in [-0.05, 0) is 29.6 Å². The highest BCUT2D eigenvalue weighted by Crippen LogP contribution is 2.23. The standard InChI is InChI=1S/C16H14ClNO2S/c17-14-7-6-12(4-1-2-8-19)10-15(14)18-16(20)11-13-5-3-9-21-13/h3,5-7,9-10,19H,2,8,11H2,(H,18,20). The van der Waals surface area contributed by atoms with Crippen molar-refractivity contribution in [1.82, 2.24) is 0 Å². The van der Waals surface area contributed by atoms with Gasteiger partial charge in [0.1, 0.15) is 0 Å². The van der Waals surface area contributed by atoms with Gasteiger partial charge in [0.15, 0.2) is 0 Å². The lowest BCUT2D eigenvalue weighted by Crippen LogP contribution is -2.14. The average molecular weight is 320 g/mol. The predicted octanol–water partition coefficient (Wildman–Crippen LogP) is 3.32. The van der Waals surface area contributed by atoms with E-state index in [0.717, 1.165) is 10.4 Å². The Bertz CT molecular complexity index is 671. The van der Waals surface area contributed by atoms with Crippen molar-refractivity contribution in [2.45, 2.75) is 12.8 Å². The molecule has 0 atom stereocenters. The van der Waals surface area contributed by atoms with E-state index in [1.54, 1.807) is 29.5 Å². The van der Waals surface area contributed by atoms with Crippen molar-refractivity contribution in [3.05, 3.63) is 51.2 Å². The Morgan fingerprint density at radius 1 is 1.38 bits per heavy atom. The van der Waals surface area contributed by atoms with Crippen molar-refractivity contribution in [2.75, 3.05) is 11.9 Å². The molecule has 0 radical (unpaired) electrons. The van der Waals surface area contributed by atoms with Crippen LogP contribution in [0.4, 0.5) is 5.69 Å². The summed E-state index contributed by atoms with van der Waals surface area (Å²) in [5.74, 6) is 5.64. The summed E-state index contributed by atoms with van der Waals surface area (Å²) < 4.78 is 0. The first-order valence-corrected chi connectivity index (χ1v) is 7.66. The highest BCUT2D eigenvalue weighted by Gasteiger charge is 2.08. The molecule has 1 amide bonds. The van der Waals surface area contributed by atoms with Crippen LogP contribution in [-0.2, 0) is 11.2 Å². The minimum atomic E-state index is -0.111. The Balaban J connectivity index is 2.06. The third-order valence-corrected chi connectivity index (χ3v) is 3.83. The molecule has 21 heavy (non-hydrogen) atoms. The van der Waals surface area contributed by atoms with Crippen LogP contribution in [0.3, 0.4) is 0 Å². The molecule has 0 aliphatic carbocycles. The molecule has 1 aromatic heterocycles. The summed E-state index contributed by atoms with van der Waals surface area (Å²) in [6.07, 6.45) is 0.747. The van der Waals surface area contributed by atoms with Crippen molar-refractivity contribution in [1.29, 1.82) is 0 Å². The number of carbonyl (C=O) groups excluding carboxylic acids is 1. The number of hydrogen-bond donors (Lipinski definition) is 2. The number of carbonyl (C=O) groups is 1. The normalized spacial score (nSPS) is 9.81. The largest absolute Gasteiger partial charge is 0.395 e. The molecule has 0 saturated carbocycles. The van der Waals surface area contributed by atoms with Gasteiger partial charge in [0.25, 0.3) is 0 Å². The van der Waals surface area contributed by atoms with E-state index in [1.807, 2.05) is 17.5 Å². The van der Waals surface area contributed by atoms with Gasteiger partial charge in [0.05, 0.1) is 23.7 Å². The summed E-state index contributed by atoms with van der Waals surface area (Å²) in [4.78, 5) is 13.0. The lowest BCUT2D eigenvalue weighted by molar-refractivity contribution is -0.115. The van der Waals surface area contributed by atoms with E-state index >= 15 is 0 Å². The maximum Gasteiger partial charge on any atom is 0.229 e. The third-order valence-electron chi connectivity index (χ3n) is 2.62. The molecule has 0 unspecified atom stereocenters. The van der Waals surface area contributed by atoms with Crippen LogP contribution in [0, 0.1) is 11.8 Å². The summed E-state index contributed by atoms with van der Waals surface area (Å²) in [6.45, 7) is 0.0327. The Morgan fingerprint density at radius 2 is 2.24 bits per heavy atom. The Hall–Kier alpha value is -1.80. The Kier molecular flexibility index (Phi) is 5.82. The molecule has 0 aliphatic rings. The Morgan fingerprint density at radius 3 is 2.95 bits per heavy atom. The highest BCUT2D eigenvalue weighted by molar-refractivity contribution is 7.10. The van der Waals surface area contributed by atoms with Gasteiger partial charge in [-0.15, -0.1) is 11.3 Å². The molecule has 0 spiro atoms. The zero-order chi connectivity index (χ0) is 15.1. The molecule has 2 N–H and O–H groups in total. The second-order valence-corrected chi connectivity index (χ2v) is 5.71. The fraction of sp³-hybridized carbons (Fsp3) is 0.188. The van der Waals surface area contributed by atoms with Gasteiger partial charge in [-0.2, -0.15) is 0 Å². The van der Waals surface area contributed by atoms with Crippen LogP contribution in [0.5, 0.6) is 0 Å². The summed E-state index contributed by atoms with van der Waals surface area (Å²) in [5, 5.41) is 13.9. The second kappa shape index (κ2) is 7.84. The van der Waals surface area contributed by atoms with Gasteiger partial charge >= 0.3 is 0 Å². The van der Waals surface area contributed by atoms with Crippen LogP contribution in [0.15, 0.2) is 35.7 Å². The average Bonchev–Trinajstić information content (AvgIpc) is 2.95. The maximum atomic E-state index is 12.0. The zero-order valence-electron chi connectivity index (χ0n) is 11.2. The van der Waals surface area contributed by atoms with E-state index in [1.165, 1.54) is 0 Å². The summed E-state index contributed by atoms with van der Waals surface area (Å²) in [6, 6.07) is 9.05. The van der Waals surface area contributed by atoms with E-state index in [4.69, 9.17) is 16.7 Å². The number of halogens is 1. The van der Waals surface area contributed by atoms with Crippen molar-refractivity contribution in [3.8, 4) is 11.8 Å². The van der Waals surface area contributed by atoms with Crippen LogP contribution in [0.25, 0.3) is 0 Å². The van der Waals surface area contributed by atoms with Gasteiger partial charge in [0, 0.05) is 16.9 Å². The van der Waals surface area contributed by atoms with Crippen LogP contribution in [0.1, 0.15) is 16.9 Å². The quantitative estimate of drug-likeness (QED) is 0.849. The SMILES string of the molecule is O=C(Cc1cccs1)Nc1cc(C#CCCO)ccc1Cl. The molecule has 3 nitrogen and oxygen atoms in total. The zero-order valence-corrected chi connectivity index (χ0v) is 12.8. The topological polar surface area (TPSA) is 49.3 Å². The number of benzene rings is 1. The molecule has 2 rings (SSSR count). The summed E-state index contributed by atoms with van der Waals surface area (Å²) in [5.41, 5.74) is 1.30. The van der Waals surface area contributed by atoms with Gasteiger partial charge < -0.3 is 10.4 Å². The fourth-order valence-electron chi connectivity index (χ4n) is 1.69. The van der Waals surface area contributed by atoms with E-state index in [9.17, 15) is 4.79 Å². The van der Waals surface area contributed by atoms with E-state index in [2.05, 4.69) is 17.2 Å². The molecule has 0 bridgehead atoms. The lowest BCUT2D eigenvalue weighted by atomic mass is 10.2. The smallest absolute Gasteiger partial charge is 0.229 e. The number of amides is 1. The van der Waals surface area contributed by atoms with Crippen LogP contribution < -0.4 is 5.32 Å². The first-order chi connectivity index (χ1) is 10.2. The predicted molar refractivity (Wildman–Crippen MR) is 86.7 cm³/mol. The molecule has 1 aromatic carbocycles. The molecule has 0 saturated heterocycles. The summed E-state index contributed by atoms with van der Waals surface area (Å²) >= 11 is 7.63. The van der Waals surface area contributed by atoms with Crippen LogP contribution >= 0.6 is 22.9 Å². The molecule has 2 aromatic rings. The van der Waals surface area contributed by atoms with Crippen molar-refractivity contribution >= 4 is 34.5 Å². The number of anilines is 1. The van der Waals surface area contributed by atoms with Gasteiger partial charge in [-0.1, -0.05) is 29.5 Å². The summed E-state index contributed by atoms with van der Waals surface area (Å²) in [7, 11) is 0. The molecule has 108 valence electrons. The molecular formula is C16H14ClNO2S. The van der Waals surface area contributed by atoms with Crippen LogP contribution in [-0.4, -0.2) is 17.6 Å². The van der Waals surface area contributed by atoms with Crippen molar-refractivity contribution < 1.29 is 9.90 Å². The second-order valence-electron chi connectivity index (χ2n) is 4.27. The monoisotopic (exact) mass is 319 g/mol. The number of nitrogens with one attached hydrogen (secondary N) is 1. The van der Waals surface area contributed by atoms with E-state index in [-0.39, 0.29) is 12.5 Å². The van der Waals surface area contributed by atoms with E-state index in [0.29, 0.717) is 23.6 Å². The number of aliphatic hydroxyl groups excluding tert-OH is 1. The van der Waals surface area contributed by atoms with Crippen molar-refractivity contribution in [3.63, 3.8) is 0 Å². The van der Waals surface area contributed by atoms with Gasteiger partial charge in [-0.25, -0.2) is 0 Å². The Labute approximate surface area is 132 Å². The molecule has 0 aliphatic heterocycles. The van der Waals surface area contributed by atoms with Gasteiger partial charge in [0.2, 0.25) is 5.91 Å².